The molecular formula is C30H33FN4O3. The molecule has 5 rings (SSSR count). The molecule has 0 aromatic heterocycles. The highest BCUT2D eigenvalue weighted by molar-refractivity contribution is 6.03. The summed E-state index contributed by atoms with van der Waals surface area (Å²) in [6.45, 7) is 4.60. The Kier molecular flexibility index (Phi) is 8.00. The lowest BCUT2D eigenvalue weighted by atomic mass is 9.97. The average Bonchev–Trinajstić information content (AvgIpc) is 3.40. The molecule has 1 unspecified atom stereocenters. The normalized spacial score (nSPS) is 18.3. The van der Waals surface area contributed by atoms with Crippen molar-refractivity contribution < 1.29 is 18.7 Å². The largest absolute Gasteiger partial charge is 0.497 e. The van der Waals surface area contributed by atoms with Gasteiger partial charge in [0.05, 0.1) is 32.5 Å². The maximum absolute atomic E-state index is 14.0. The smallest absolute Gasteiger partial charge is 0.257 e. The summed E-state index contributed by atoms with van der Waals surface area (Å²) in [5, 5.41) is 6.28. The van der Waals surface area contributed by atoms with E-state index >= 15 is 0 Å². The topological polar surface area (TPSA) is 57.6 Å². The Labute approximate surface area is 223 Å². The minimum absolute atomic E-state index is 0.0872. The summed E-state index contributed by atoms with van der Waals surface area (Å²) in [4.78, 5) is 18.3. The summed E-state index contributed by atoms with van der Waals surface area (Å²) in [5.41, 5.74) is 3.48. The summed E-state index contributed by atoms with van der Waals surface area (Å²) in [6, 6.07) is 22.0. The number of amides is 1. The first-order chi connectivity index (χ1) is 18.5. The molecule has 8 heteroatoms. The Balaban J connectivity index is 1.32. The third kappa shape index (κ3) is 5.87. The number of carbonyl (C=O) groups is 1. The molecule has 3 aromatic rings. The van der Waals surface area contributed by atoms with E-state index < -0.39 is 0 Å². The zero-order chi connectivity index (χ0) is 26.5. The molecule has 1 fully saturated rings. The molecule has 3 aromatic carbocycles. The van der Waals surface area contributed by atoms with E-state index in [1.165, 1.54) is 17.7 Å². The third-order valence-corrected chi connectivity index (χ3v) is 7.20. The summed E-state index contributed by atoms with van der Waals surface area (Å²) < 4.78 is 25.0. The van der Waals surface area contributed by atoms with E-state index in [-0.39, 0.29) is 24.3 Å². The van der Waals surface area contributed by atoms with E-state index in [1.807, 2.05) is 30.3 Å². The van der Waals surface area contributed by atoms with Crippen LogP contribution in [0.4, 0.5) is 4.39 Å². The third-order valence-electron chi connectivity index (χ3n) is 7.20. The number of piperazine rings is 1. The van der Waals surface area contributed by atoms with Crippen LogP contribution in [0.15, 0.2) is 77.9 Å². The fourth-order valence-electron chi connectivity index (χ4n) is 5.13. The first-order valence-electron chi connectivity index (χ1n) is 12.9. The molecule has 0 spiro atoms. The summed E-state index contributed by atoms with van der Waals surface area (Å²) in [5.74, 6) is 0.871. The van der Waals surface area contributed by atoms with E-state index in [4.69, 9.17) is 14.6 Å². The molecule has 0 bridgehead atoms. The molecule has 2 heterocycles. The summed E-state index contributed by atoms with van der Waals surface area (Å²) >= 11 is 0. The number of benzene rings is 3. The number of hydrazone groups is 1. The molecule has 7 nitrogen and oxygen atoms in total. The van der Waals surface area contributed by atoms with Gasteiger partial charge in [0.2, 0.25) is 0 Å². The van der Waals surface area contributed by atoms with Gasteiger partial charge in [-0.05, 0) is 29.8 Å². The number of nitrogens with zero attached hydrogens (tertiary/aromatic N) is 4. The van der Waals surface area contributed by atoms with Crippen molar-refractivity contribution in [2.24, 2.45) is 5.10 Å². The van der Waals surface area contributed by atoms with Crippen molar-refractivity contribution in [2.75, 3.05) is 46.9 Å². The van der Waals surface area contributed by atoms with E-state index in [0.29, 0.717) is 29.2 Å². The maximum Gasteiger partial charge on any atom is 0.257 e. The lowest BCUT2D eigenvalue weighted by molar-refractivity contribution is -0.134. The highest BCUT2D eigenvalue weighted by Gasteiger charge is 2.36. The molecule has 0 saturated carbocycles. The highest BCUT2D eigenvalue weighted by Crippen LogP contribution is 2.39. The number of hydrogen-bond donors (Lipinski definition) is 0. The van der Waals surface area contributed by atoms with Crippen LogP contribution in [0, 0.1) is 5.82 Å². The minimum Gasteiger partial charge on any atom is -0.497 e. The number of halogens is 1. The van der Waals surface area contributed by atoms with Crippen molar-refractivity contribution in [3.05, 3.63) is 95.3 Å². The zero-order valence-corrected chi connectivity index (χ0v) is 21.8. The van der Waals surface area contributed by atoms with Gasteiger partial charge in [-0.25, -0.2) is 9.40 Å². The fourth-order valence-corrected chi connectivity index (χ4v) is 5.13. The highest BCUT2D eigenvalue weighted by atomic mass is 19.1. The molecule has 198 valence electrons. The molecule has 1 amide bonds. The molecule has 0 N–H and O–H groups in total. The van der Waals surface area contributed by atoms with Crippen molar-refractivity contribution in [3.8, 4) is 11.5 Å². The van der Waals surface area contributed by atoms with Gasteiger partial charge in [-0.15, -0.1) is 0 Å². The molecule has 2 aliphatic rings. The molecule has 38 heavy (non-hydrogen) atoms. The Bertz CT molecular complexity index is 1290. The van der Waals surface area contributed by atoms with Crippen LogP contribution in [0.2, 0.25) is 0 Å². The monoisotopic (exact) mass is 516 g/mol. The minimum atomic E-state index is -0.360. The van der Waals surface area contributed by atoms with Gasteiger partial charge in [-0.2, -0.15) is 5.10 Å². The molecular weight excluding hydrogens is 483 g/mol. The van der Waals surface area contributed by atoms with E-state index in [2.05, 4.69) is 34.1 Å². The van der Waals surface area contributed by atoms with E-state index in [9.17, 15) is 9.18 Å². The first kappa shape index (κ1) is 25.9. The average molecular weight is 517 g/mol. The van der Waals surface area contributed by atoms with Crippen molar-refractivity contribution in [2.45, 2.75) is 19.0 Å². The van der Waals surface area contributed by atoms with Crippen molar-refractivity contribution in [1.29, 1.82) is 0 Å². The lowest BCUT2D eigenvalue weighted by Crippen LogP contribution is -2.49. The van der Waals surface area contributed by atoms with Crippen LogP contribution >= 0.6 is 0 Å². The lowest BCUT2D eigenvalue weighted by Gasteiger charge is -2.35. The van der Waals surface area contributed by atoms with E-state index in [1.54, 1.807) is 25.3 Å². The number of methoxy groups -OCH3 is 2. The van der Waals surface area contributed by atoms with Crippen LogP contribution in [0.3, 0.4) is 0 Å². The number of hydrogen-bond acceptors (Lipinski definition) is 6. The first-order valence-corrected chi connectivity index (χ1v) is 12.9. The summed E-state index contributed by atoms with van der Waals surface area (Å²) in [6.07, 6.45) is 0.461. The molecule has 1 saturated heterocycles. The van der Waals surface area contributed by atoms with Crippen LogP contribution < -0.4 is 9.47 Å². The van der Waals surface area contributed by atoms with E-state index in [0.717, 1.165) is 38.3 Å². The second-order valence-corrected chi connectivity index (χ2v) is 9.66. The summed E-state index contributed by atoms with van der Waals surface area (Å²) in [7, 11) is 3.20. The van der Waals surface area contributed by atoms with Gasteiger partial charge in [-0.3, -0.25) is 14.6 Å². The second kappa shape index (κ2) is 11.8. The Morgan fingerprint density at radius 1 is 0.921 bits per heavy atom. The van der Waals surface area contributed by atoms with Crippen LogP contribution in [0.1, 0.15) is 29.2 Å². The Hall–Kier alpha value is -3.75. The van der Waals surface area contributed by atoms with Gasteiger partial charge in [-0.1, -0.05) is 42.5 Å². The molecule has 2 aliphatic heterocycles. The molecule has 0 radical (unpaired) electrons. The Morgan fingerprint density at radius 3 is 2.39 bits per heavy atom. The van der Waals surface area contributed by atoms with Gasteiger partial charge < -0.3 is 9.47 Å². The van der Waals surface area contributed by atoms with Crippen LogP contribution in [0.25, 0.3) is 0 Å². The number of ether oxygens (including phenoxy) is 2. The maximum atomic E-state index is 14.0. The van der Waals surface area contributed by atoms with Gasteiger partial charge in [0.1, 0.15) is 17.3 Å². The van der Waals surface area contributed by atoms with Gasteiger partial charge in [0.15, 0.2) is 0 Å². The van der Waals surface area contributed by atoms with Gasteiger partial charge >= 0.3 is 0 Å². The molecule has 1 atom stereocenters. The quantitative estimate of drug-likeness (QED) is 0.446. The predicted molar refractivity (Wildman–Crippen MR) is 145 cm³/mol. The fraction of sp³-hybridized carbons (Fsp3) is 0.333. The number of rotatable bonds is 8. The van der Waals surface area contributed by atoms with Crippen molar-refractivity contribution in [1.82, 2.24) is 14.8 Å². The van der Waals surface area contributed by atoms with Gasteiger partial charge in [0.25, 0.3) is 5.91 Å². The Morgan fingerprint density at radius 2 is 1.68 bits per heavy atom. The molecule has 0 aliphatic carbocycles. The van der Waals surface area contributed by atoms with Crippen LogP contribution in [0.5, 0.6) is 11.5 Å². The standard InChI is InChI=1S/C30H33FN4O3/c1-37-25-11-12-26(29(18-25)38-2)28-19-27(23-9-6-10-24(31)17-23)32-35(28)30(36)21-34-15-13-33(14-16-34)20-22-7-4-3-5-8-22/h3-12,17-18,28H,13-16,19-21H2,1-2H3. The SMILES string of the molecule is COc1ccc(C2CC(c3cccc(F)c3)=NN2C(=O)CN2CCN(Cc3ccccc3)CC2)c(OC)c1. The second-order valence-electron chi connectivity index (χ2n) is 9.66. The van der Waals surface area contributed by atoms with Crippen LogP contribution in [-0.4, -0.2) is 73.4 Å². The van der Waals surface area contributed by atoms with Crippen molar-refractivity contribution in [3.63, 3.8) is 0 Å². The zero-order valence-electron chi connectivity index (χ0n) is 21.8. The number of carbonyl (C=O) groups excluding carboxylic acids is 1. The van der Waals surface area contributed by atoms with Crippen LogP contribution in [-0.2, 0) is 11.3 Å². The van der Waals surface area contributed by atoms with Crippen molar-refractivity contribution >= 4 is 11.6 Å². The predicted octanol–water partition coefficient (Wildman–Crippen LogP) is 4.34. The van der Waals surface area contributed by atoms with Gasteiger partial charge in [0, 0.05) is 56.3 Å².